The Morgan fingerprint density at radius 2 is 2.33 bits per heavy atom. The first-order valence-electron chi connectivity index (χ1n) is 3.57. The summed E-state index contributed by atoms with van der Waals surface area (Å²) in [5.41, 5.74) is 0. The molecule has 0 aliphatic carbocycles. The number of halogens is 1. The zero-order chi connectivity index (χ0) is 8.27. The van der Waals surface area contributed by atoms with Crippen molar-refractivity contribution in [1.82, 2.24) is 5.32 Å². The lowest BCUT2D eigenvalue weighted by molar-refractivity contribution is -0.149. The highest BCUT2D eigenvalue weighted by Gasteiger charge is 2.29. The molecule has 70 valence electrons. The summed E-state index contributed by atoms with van der Waals surface area (Å²) < 4.78 is 4.46. The lowest BCUT2D eigenvalue weighted by Gasteiger charge is -2.18. The van der Waals surface area contributed by atoms with Gasteiger partial charge in [0.1, 0.15) is 11.7 Å². The highest BCUT2D eigenvalue weighted by molar-refractivity contribution is 5.99. The minimum atomic E-state index is -0.575. The molecule has 0 aromatic heterocycles. The fourth-order valence-corrected chi connectivity index (χ4v) is 1.10. The van der Waals surface area contributed by atoms with Crippen LogP contribution in [0.15, 0.2) is 0 Å². The van der Waals surface area contributed by atoms with E-state index in [0.29, 0.717) is 19.5 Å². The number of methoxy groups -OCH3 is 1. The standard InChI is InChI=1S/C7H11NO3.ClH/c1-11-7(10)5-4-8-3-2-6(5)9;/h5,8H,2-4H2,1H3;1H/t5-;/m1./s1. The minimum Gasteiger partial charge on any atom is -0.468 e. The van der Waals surface area contributed by atoms with E-state index < -0.39 is 11.9 Å². The predicted octanol–water partition coefficient (Wildman–Crippen LogP) is -0.240. The van der Waals surface area contributed by atoms with Crippen molar-refractivity contribution in [3.05, 3.63) is 0 Å². The second kappa shape index (κ2) is 5.11. The number of carbonyl (C=O) groups is 2. The van der Waals surface area contributed by atoms with Crippen molar-refractivity contribution in [3.8, 4) is 0 Å². The zero-order valence-electron chi connectivity index (χ0n) is 6.83. The smallest absolute Gasteiger partial charge is 0.317 e. The number of ketones is 1. The largest absolute Gasteiger partial charge is 0.468 e. The van der Waals surface area contributed by atoms with E-state index in [9.17, 15) is 9.59 Å². The van der Waals surface area contributed by atoms with E-state index >= 15 is 0 Å². The molecule has 1 N–H and O–H groups in total. The number of hydrogen-bond acceptors (Lipinski definition) is 4. The molecule has 1 aliphatic heterocycles. The average molecular weight is 194 g/mol. The Hall–Kier alpha value is -0.610. The maximum Gasteiger partial charge on any atom is 0.317 e. The van der Waals surface area contributed by atoms with Crippen LogP contribution < -0.4 is 5.32 Å². The molecule has 0 unspecified atom stereocenters. The van der Waals surface area contributed by atoms with Crippen molar-refractivity contribution in [1.29, 1.82) is 0 Å². The van der Waals surface area contributed by atoms with Gasteiger partial charge in [-0.25, -0.2) is 0 Å². The number of carbonyl (C=O) groups excluding carboxylic acids is 2. The number of rotatable bonds is 1. The van der Waals surface area contributed by atoms with Crippen LogP contribution in [0.2, 0.25) is 0 Å². The fourth-order valence-electron chi connectivity index (χ4n) is 1.10. The van der Waals surface area contributed by atoms with Crippen molar-refractivity contribution in [2.75, 3.05) is 20.2 Å². The molecule has 0 spiro atoms. The molecule has 12 heavy (non-hydrogen) atoms. The monoisotopic (exact) mass is 193 g/mol. The number of ether oxygens (including phenoxy) is 1. The molecule has 0 radical (unpaired) electrons. The number of Topliss-reactive ketones (excluding diaryl/α,β-unsaturated/α-hetero) is 1. The molecule has 1 aliphatic rings. The Balaban J connectivity index is 0.00000121. The average Bonchev–Trinajstić information content (AvgIpc) is 2.04. The molecule has 1 rings (SSSR count). The summed E-state index contributed by atoms with van der Waals surface area (Å²) in [5.74, 6) is -1.02. The molecule has 0 bridgehead atoms. The molecule has 0 saturated carbocycles. The van der Waals surface area contributed by atoms with E-state index in [-0.39, 0.29) is 18.2 Å². The Labute approximate surface area is 77.1 Å². The summed E-state index contributed by atoms with van der Waals surface area (Å²) in [6.07, 6.45) is 0.430. The normalized spacial score (nSPS) is 22.8. The second-order valence-electron chi connectivity index (χ2n) is 2.50. The van der Waals surface area contributed by atoms with Gasteiger partial charge in [-0.1, -0.05) is 0 Å². The van der Waals surface area contributed by atoms with Gasteiger partial charge in [0.2, 0.25) is 0 Å². The first kappa shape index (κ1) is 11.4. The summed E-state index contributed by atoms with van der Waals surface area (Å²) >= 11 is 0. The van der Waals surface area contributed by atoms with Gasteiger partial charge in [-0.05, 0) is 0 Å². The van der Waals surface area contributed by atoms with Crippen molar-refractivity contribution in [3.63, 3.8) is 0 Å². The van der Waals surface area contributed by atoms with Crippen molar-refractivity contribution in [2.45, 2.75) is 6.42 Å². The number of esters is 1. The van der Waals surface area contributed by atoms with Crippen molar-refractivity contribution in [2.24, 2.45) is 5.92 Å². The van der Waals surface area contributed by atoms with Gasteiger partial charge in [0.25, 0.3) is 0 Å². The molecule has 1 fully saturated rings. The third-order valence-corrected chi connectivity index (χ3v) is 1.77. The quantitative estimate of drug-likeness (QED) is 0.461. The highest BCUT2D eigenvalue weighted by Crippen LogP contribution is 2.06. The molecule has 4 nitrogen and oxygen atoms in total. The highest BCUT2D eigenvalue weighted by atomic mass is 35.5. The number of nitrogens with one attached hydrogen (secondary N) is 1. The maximum atomic E-state index is 11.1. The van der Waals surface area contributed by atoms with Crippen LogP contribution in [0.4, 0.5) is 0 Å². The summed E-state index contributed by atoms with van der Waals surface area (Å²) in [6.45, 7) is 1.10. The third kappa shape index (κ3) is 2.46. The van der Waals surface area contributed by atoms with Gasteiger partial charge in [0, 0.05) is 19.5 Å². The lowest BCUT2D eigenvalue weighted by atomic mass is 9.98. The molecule has 5 heteroatoms. The SMILES string of the molecule is COC(=O)[C@@H]1CNCCC1=O.Cl. The van der Waals surface area contributed by atoms with Crippen LogP contribution in [-0.2, 0) is 14.3 Å². The van der Waals surface area contributed by atoms with Gasteiger partial charge in [0.15, 0.2) is 0 Å². The summed E-state index contributed by atoms with van der Waals surface area (Å²) in [6, 6.07) is 0. The molecule has 1 saturated heterocycles. The molecular formula is C7H12ClNO3. The zero-order valence-corrected chi connectivity index (χ0v) is 7.65. The maximum absolute atomic E-state index is 11.1. The Bertz CT molecular complexity index is 175. The Kier molecular flexibility index (Phi) is 4.85. The second-order valence-corrected chi connectivity index (χ2v) is 2.50. The Morgan fingerprint density at radius 3 is 2.83 bits per heavy atom. The van der Waals surface area contributed by atoms with Crippen molar-refractivity contribution < 1.29 is 14.3 Å². The van der Waals surface area contributed by atoms with Gasteiger partial charge < -0.3 is 10.1 Å². The van der Waals surface area contributed by atoms with Gasteiger partial charge in [0.05, 0.1) is 7.11 Å². The van der Waals surface area contributed by atoms with E-state index in [2.05, 4.69) is 10.1 Å². The number of piperidine rings is 1. The first-order chi connectivity index (χ1) is 5.25. The predicted molar refractivity (Wildman–Crippen MR) is 45.2 cm³/mol. The van der Waals surface area contributed by atoms with Gasteiger partial charge in [-0.3, -0.25) is 9.59 Å². The van der Waals surface area contributed by atoms with E-state index in [1.807, 2.05) is 0 Å². The van der Waals surface area contributed by atoms with Gasteiger partial charge in [-0.2, -0.15) is 0 Å². The fraction of sp³-hybridized carbons (Fsp3) is 0.714. The molecular weight excluding hydrogens is 182 g/mol. The van der Waals surface area contributed by atoms with Crippen LogP contribution >= 0.6 is 12.4 Å². The van der Waals surface area contributed by atoms with E-state index in [4.69, 9.17) is 0 Å². The van der Waals surface area contributed by atoms with E-state index in [0.717, 1.165) is 0 Å². The van der Waals surface area contributed by atoms with Crippen molar-refractivity contribution >= 4 is 24.2 Å². The van der Waals surface area contributed by atoms with Crippen LogP contribution in [0.1, 0.15) is 6.42 Å². The Morgan fingerprint density at radius 1 is 1.67 bits per heavy atom. The molecule has 0 amide bonds. The van der Waals surface area contributed by atoms with Gasteiger partial charge >= 0.3 is 5.97 Å². The third-order valence-electron chi connectivity index (χ3n) is 1.77. The molecule has 0 aromatic carbocycles. The van der Waals surface area contributed by atoms with Crippen LogP contribution in [0.5, 0.6) is 0 Å². The van der Waals surface area contributed by atoms with E-state index in [1.165, 1.54) is 7.11 Å². The lowest BCUT2D eigenvalue weighted by Crippen LogP contribution is -2.41. The molecule has 1 atom stereocenters. The van der Waals surface area contributed by atoms with Crippen LogP contribution in [-0.4, -0.2) is 32.0 Å². The molecule has 0 aromatic rings. The summed E-state index contributed by atoms with van der Waals surface area (Å²) in [4.78, 5) is 21.9. The molecule has 1 heterocycles. The number of hydrogen-bond donors (Lipinski definition) is 1. The minimum absolute atomic E-state index is 0. The van der Waals surface area contributed by atoms with Crippen LogP contribution in [0.25, 0.3) is 0 Å². The summed E-state index contributed by atoms with van der Waals surface area (Å²) in [7, 11) is 1.30. The first-order valence-corrected chi connectivity index (χ1v) is 3.57. The summed E-state index contributed by atoms with van der Waals surface area (Å²) in [5, 5.41) is 2.96. The van der Waals surface area contributed by atoms with Gasteiger partial charge in [-0.15, -0.1) is 12.4 Å². The van der Waals surface area contributed by atoms with Crippen LogP contribution in [0.3, 0.4) is 0 Å². The van der Waals surface area contributed by atoms with E-state index in [1.54, 1.807) is 0 Å². The topological polar surface area (TPSA) is 55.4 Å². The van der Waals surface area contributed by atoms with Crippen LogP contribution in [0, 0.1) is 5.92 Å².